The number of rotatable bonds is 3. The summed E-state index contributed by atoms with van der Waals surface area (Å²) in [6, 6.07) is 47.6. The molecule has 0 heteroatoms. The summed E-state index contributed by atoms with van der Waals surface area (Å²) in [5.41, 5.74) is 5.35. The summed E-state index contributed by atoms with van der Waals surface area (Å²) >= 11 is 0. The summed E-state index contributed by atoms with van der Waals surface area (Å²) in [5, 5.41) is 13.4. The fraction of sp³-hybridized carbons (Fsp3) is 0. The van der Waals surface area contributed by atoms with Crippen molar-refractivity contribution in [3.63, 3.8) is 0 Å². The van der Waals surface area contributed by atoms with Crippen LogP contribution in [-0.2, 0) is 0 Å². The highest BCUT2D eigenvalue weighted by Gasteiger charge is 2.20. The van der Waals surface area contributed by atoms with Gasteiger partial charge < -0.3 is 0 Å². The predicted octanol–water partition coefficient (Wildman–Crippen LogP) is 13.0. The molecular formula is C46H28. The maximum absolute atomic E-state index is 8.91. The van der Waals surface area contributed by atoms with Gasteiger partial charge in [0.05, 0.1) is 6.85 Å². The van der Waals surface area contributed by atoms with Crippen LogP contribution in [-0.4, -0.2) is 0 Å². The molecule has 0 bridgehead atoms. The molecule has 212 valence electrons. The highest BCUT2D eigenvalue weighted by molar-refractivity contribution is 6.27. The van der Waals surface area contributed by atoms with Gasteiger partial charge in [0, 0.05) is 0 Å². The molecule has 0 saturated carbocycles. The molecule has 0 saturated heterocycles. The fourth-order valence-corrected chi connectivity index (χ4v) is 7.79. The summed E-state index contributed by atoms with van der Waals surface area (Å²) in [4.78, 5) is 0. The third kappa shape index (κ3) is 3.56. The van der Waals surface area contributed by atoms with Crippen molar-refractivity contribution in [1.29, 1.82) is 0 Å². The molecule has 46 heavy (non-hydrogen) atoms. The quantitative estimate of drug-likeness (QED) is 0.143. The van der Waals surface area contributed by atoms with Crippen molar-refractivity contribution in [3.05, 3.63) is 170 Å². The van der Waals surface area contributed by atoms with Crippen LogP contribution in [0.1, 0.15) is 6.85 Å². The molecular weight excluding hydrogens is 553 g/mol. The predicted molar refractivity (Wildman–Crippen MR) is 199 cm³/mol. The second-order valence-electron chi connectivity index (χ2n) is 12.0. The Labute approximate surface area is 274 Å². The Morgan fingerprint density at radius 2 is 0.761 bits per heavy atom. The minimum atomic E-state index is -0.393. The van der Waals surface area contributed by atoms with Gasteiger partial charge in [-0.2, -0.15) is 0 Å². The Balaban J connectivity index is 1.29. The molecule has 0 radical (unpaired) electrons. The molecule has 0 N–H and O–H groups in total. The molecule has 0 fully saturated rings. The van der Waals surface area contributed by atoms with Gasteiger partial charge in [-0.25, -0.2) is 0 Å². The van der Waals surface area contributed by atoms with Crippen LogP contribution in [0.15, 0.2) is 170 Å². The topological polar surface area (TPSA) is 0 Å². The van der Waals surface area contributed by atoms with Gasteiger partial charge in [0.25, 0.3) is 0 Å². The van der Waals surface area contributed by atoms with Gasteiger partial charge in [0.2, 0.25) is 0 Å². The normalized spacial score (nSPS) is 13.4. The highest BCUT2D eigenvalue weighted by atomic mass is 14.2. The second kappa shape index (κ2) is 9.76. The van der Waals surface area contributed by atoms with Crippen LogP contribution >= 0.6 is 0 Å². The number of fused-ring (bicyclic) bond motifs is 3. The standard InChI is InChI=1S/C46H28/c1-2-11-29(12-3-1)44-37-17-6-8-19-39(37)46(40-20-9-7-18-38(40)44)42-28-27-35(33-15-4-5-16-34(33)42)36-25-23-32-22-21-30-13-10-14-31-24-26-41(36)45(32)43(30)31/h1-28H/i1D,2D,3D,11D,12D. The third-order valence-electron chi connectivity index (χ3n) is 9.69. The highest BCUT2D eigenvalue weighted by Crippen LogP contribution is 2.47. The summed E-state index contributed by atoms with van der Waals surface area (Å²) in [6.45, 7) is 0. The first-order chi connectivity index (χ1) is 24.9. The number of hydrogen-bond donors (Lipinski definition) is 0. The molecule has 10 rings (SSSR count). The van der Waals surface area contributed by atoms with Gasteiger partial charge in [0.1, 0.15) is 0 Å². The van der Waals surface area contributed by atoms with Crippen LogP contribution in [0.5, 0.6) is 0 Å². The lowest BCUT2D eigenvalue weighted by Crippen LogP contribution is -1.93. The number of benzene rings is 10. The Hall–Kier alpha value is -5.98. The first kappa shape index (κ1) is 20.9. The molecule has 0 aromatic heterocycles. The largest absolute Gasteiger partial charge is 0.0629 e. The van der Waals surface area contributed by atoms with E-state index in [0.29, 0.717) is 5.56 Å². The van der Waals surface area contributed by atoms with Crippen LogP contribution in [0.2, 0.25) is 0 Å². The van der Waals surface area contributed by atoms with Crippen LogP contribution < -0.4 is 0 Å². The molecule has 0 aliphatic heterocycles. The Morgan fingerprint density at radius 1 is 0.304 bits per heavy atom. The molecule has 10 aromatic rings. The van der Waals surface area contributed by atoms with Crippen molar-refractivity contribution in [2.75, 3.05) is 0 Å². The van der Waals surface area contributed by atoms with Crippen molar-refractivity contribution >= 4 is 64.6 Å². The van der Waals surface area contributed by atoms with E-state index in [1.807, 2.05) is 36.4 Å². The van der Waals surface area contributed by atoms with Crippen molar-refractivity contribution in [2.24, 2.45) is 0 Å². The lowest BCUT2D eigenvalue weighted by molar-refractivity contribution is 1.66. The van der Waals surface area contributed by atoms with E-state index in [-0.39, 0.29) is 29.7 Å². The van der Waals surface area contributed by atoms with E-state index < -0.39 is 6.04 Å². The SMILES string of the molecule is [2H]c1c([2H])c([2H])c(-c2c3ccccc3c(-c3ccc(-c4ccc5ccc6cccc7ccc4c5c67)c4ccccc34)c3ccccc23)c([2H])c1[2H]. The van der Waals surface area contributed by atoms with Gasteiger partial charge in [-0.1, -0.05) is 170 Å². The molecule has 10 aromatic carbocycles. The van der Waals surface area contributed by atoms with Gasteiger partial charge in [-0.05, 0) is 98.0 Å². The maximum Gasteiger partial charge on any atom is 0.0629 e. The molecule has 0 heterocycles. The minimum Gasteiger partial charge on any atom is -0.0622 e. The summed E-state index contributed by atoms with van der Waals surface area (Å²) in [7, 11) is 0. The van der Waals surface area contributed by atoms with Crippen LogP contribution in [0.4, 0.5) is 0 Å². The van der Waals surface area contributed by atoms with Crippen LogP contribution in [0.25, 0.3) is 98.0 Å². The van der Waals surface area contributed by atoms with Gasteiger partial charge in [0.15, 0.2) is 0 Å². The third-order valence-corrected chi connectivity index (χ3v) is 9.69. The maximum atomic E-state index is 8.91. The lowest BCUT2D eigenvalue weighted by atomic mass is 9.83. The molecule has 0 nitrogen and oxygen atoms in total. The smallest absolute Gasteiger partial charge is 0.0622 e. The second-order valence-corrected chi connectivity index (χ2v) is 12.0. The van der Waals surface area contributed by atoms with E-state index in [1.54, 1.807) is 0 Å². The summed E-state index contributed by atoms with van der Waals surface area (Å²) < 4.78 is 43.0. The molecule has 0 aliphatic rings. The van der Waals surface area contributed by atoms with E-state index >= 15 is 0 Å². The van der Waals surface area contributed by atoms with Crippen LogP contribution in [0.3, 0.4) is 0 Å². The van der Waals surface area contributed by atoms with Gasteiger partial charge in [-0.3, -0.25) is 0 Å². The fourth-order valence-electron chi connectivity index (χ4n) is 7.79. The van der Waals surface area contributed by atoms with Crippen molar-refractivity contribution in [3.8, 4) is 33.4 Å². The Morgan fingerprint density at radius 3 is 1.41 bits per heavy atom. The summed E-state index contributed by atoms with van der Waals surface area (Å²) in [6.07, 6.45) is 0. The Kier molecular flexibility index (Phi) is 4.43. The monoisotopic (exact) mass is 585 g/mol. The number of hydrogen-bond acceptors (Lipinski definition) is 0. The molecule has 0 unspecified atom stereocenters. The van der Waals surface area contributed by atoms with Gasteiger partial charge >= 0.3 is 0 Å². The van der Waals surface area contributed by atoms with E-state index in [0.717, 1.165) is 49.0 Å². The molecule has 0 atom stereocenters. The van der Waals surface area contributed by atoms with E-state index in [9.17, 15) is 0 Å². The van der Waals surface area contributed by atoms with Crippen molar-refractivity contribution in [2.45, 2.75) is 0 Å². The average Bonchev–Trinajstić information content (AvgIpc) is 3.18. The first-order valence-electron chi connectivity index (χ1n) is 18.1. The molecule has 0 spiro atoms. The molecule has 0 aliphatic carbocycles. The zero-order valence-corrected chi connectivity index (χ0v) is 24.8. The zero-order chi connectivity index (χ0) is 34.5. The minimum absolute atomic E-state index is 0.202. The van der Waals surface area contributed by atoms with Crippen molar-refractivity contribution < 1.29 is 6.85 Å². The van der Waals surface area contributed by atoms with E-state index in [4.69, 9.17) is 6.85 Å². The molecule has 0 amide bonds. The Bertz CT molecular complexity index is 2990. The van der Waals surface area contributed by atoms with Gasteiger partial charge in [-0.15, -0.1) is 0 Å². The lowest BCUT2D eigenvalue weighted by Gasteiger charge is -2.20. The van der Waals surface area contributed by atoms with E-state index in [1.165, 1.54) is 37.9 Å². The first-order valence-corrected chi connectivity index (χ1v) is 15.6. The average molecular weight is 586 g/mol. The van der Waals surface area contributed by atoms with E-state index in [2.05, 4.69) is 103 Å². The van der Waals surface area contributed by atoms with Crippen LogP contribution in [0, 0.1) is 0 Å². The van der Waals surface area contributed by atoms with Crippen molar-refractivity contribution in [1.82, 2.24) is 0 Å². The zero-order valence-electron chi connectivity index (χ0n) is 29.8. The summed E-state index contributed by atoms with van der Waals surface area (Å²) in [5.74, 6) is 0.